The number of nitrogens with one attached hydrogen (secondary N) is 1. The van der Waals surface area contributed by atoms with Gasteiger partial charge in [-0.05, 0) is 24.3 Å². The van der Waals surface area contributed by atoms with Crippen molar-refractivity contribution in [1.82, 2.24) is 9.38 Å². The molecule has 1 amide bonds. The zero-order chi connectivity index (χ0) is 19.0. The lowest BCUT2D eigenvalue weighted by molar-refractivity contribution is -0.115. The Morgan fingerprint density at radius 2 is 2.04 bits per heavy atom. The van der Waals surface area contributed by atoms with Gasteiger partial charge >= 0.3 is 0 Å². The van der Waals surface area contributed by atoms with E-state index in [9.17, 15) is 13.6 Å². The van der Waals surface area contributed by atoms with E-state index in [1.807, 2.05) is 34.2 Å². The summed E-state index contributed by atoms with van der Waals surface area (Å²) >= 11 is 7.45. The van der Waals surface area contributed by atoms with Crippen LogP contribution in [-0.2, 0) is 11.2 Å². The monoisotopic (exact) mass is 403 g/mol. The van der Waals surface area contributed by atoms with Crippen LogP contribution in [0.4, 0.5) is 14.5 Å². The first kappa shape index (κ1) is 17.6. The highest BCUT2D eigenvalue weighted by Crippen LogP contribution is 2.26. The van der Waals surface area contributed by atoms with Crippen molar-refractivity contribution < 1.29 is 13.6 Å². The molecule has 0 fully saturated rings. The predicted molar refractivity (Wildman–Crippen MR) is 102 cm³/mol. The van der Waals surface area contributed by atoms with Crippen molar-refractivity contribution in [1.29, 1.82) is 0 Å². The van der Waals surface area contributed by atoms with E-state index in [-0.39, 0.29) is 18.0 Å². The Kier molecular flexibility index (Phi) is 4.63. The number of nitrogens with zero attached hydrogens (tertiary/aromatic N) is 2. The number of fused-ring (bicyclic) bond motifs is 1. The molecule has 2 aromatic carbocycles. The third-order valence-electron chi connectivity index (χ3n) is 3.95. The van der Waals surface area contributed by atoms with E-state index in [1.54, 1.807) is 6.07 Å². The lowest BCUT2D eigenvalue weighted by atomic mass is 10.2. The van der Waals surface area contributed by atoms with Gasteiger partial charge in [0.15, 0.2) is 16.6 Å². The molecule has 1 N–H and O–H groups in total. The number of anilines is 1. The van der Waals surface area contributed by atoms with Crippen LogP contribution in [0.1, 0.15) is 5.69 Å². The smallest absolute Gasteiger partial charge is 0.230 e. The quantitative estimate of drug-likeness (QED) is 0.510. The van der Waals surface area contributed by atoms with Crippen molar-refractivity contribution in [3.63, 3.8) is 0 Å². The van der Waals surface area contributed by atoms with Gasteiger partial charge in [-0.15, -0.1) is 11.3 Å². The summed E-state index contributed by atoms with van der Waals surface area (Å²) in [6, 6.07) is 10.6. The van der Waals surface area contributed by atoms with Gasteiger partial charge in [0.25, 0.3) is 0 Å². The third-order valence-corrected chi connectivity index (χ3v) is 5.07. The Labute approximate surface area is 162 Å². The number of aromatic nitrogens is 2. The van der Waals surface area contributed by atoms with Gasteiger partial charge < -0.3 is 5.32 Å². The fraction of sp³-hybridized carbons (Fsp3) is 0.0526. The molecule has 0 aliphatic heterocycles. The fourth-order valence-corrected chi connectivity index (χ4v) is 3.75. The number of rotatable bonds is 4. The number of thiazole rings is 1. The molecular formula is C19H12ClF2N3OS. The van der Waals surface area contributed by atoms with Crippen molar-refractivity contribution in [2.75, 3.05) is 5.32 Å². The molecule has 2 heterocycles. The van der Waals surface area contributed by atoms with E-state index in [0.29, 0.717) is 5.02 Å². The predicted octanol–water partition coefficient (Wildman–Crippen LogP) is 5.18. The summed E-state index contributed by atoms with van der Waals surface area (Å²) < 4.78 is 28.1. The summed E-state index contributed by atoms with van der Waals surface area (Å²) in [5.74, 6) is -2.30. The maximum atomic E-state index is 13.3. The number of hydrogen-bond acceptors (Lipinski definition) is 3. The van der Waals surface area contributed by atoms with Crippen LogP contribution in [0.5, 0.6) is 0 Å². The van der Waals surface area contributed by atoms with E-state index in [0.717, 1.165) is 34.0 Å². The lowest BCUT2D eigenvalue weighted by Gasteiger charge is -2.05. The minimum absolute atomic E-state index is 0.0738. The highest BCUT2D eigenvalue weighted by Gasteiger charge is 2.13. The molecule has 0 saturated heterocycles. The number of amides is 1. The highest BCUT2D eigenvalue weighted by molar-refractivity contribution is 7.15. The van der Waals surface area contributed by atoms with Crippen LogP contribution in [0, 0.1) is 11.6 Å². The van der Waals surface area contributed by atoms with Crippen molar-refractivity contribution in [2.45, 2.75) is 6.42 Å². The number of hydrogen-bond donors (Lipinski definition) is 1. The highest BCUT2D eigenvalue weighted by atomic mass is 35.5. The summed E-state index contributed by atoms with van der Waals surface area (Å²) in [7, 11) is 0. The minimum Gasteiger partial charge on any atom is -0.326 e. The first-order valence-electron chi connectivity index (χ1n) is 7.96. The first-order valence-corrected chi connectivity index (χ1v) is 9.21. The Hall–Kier alpha value is -2.77. The van der Waals surface area contributed by atoms with Crippen molar-refractivity contribution in [2.24, 2.45) is 0 Å². The molecule has 0 spiro atoms. The zero-order valence-corrected chi connectivity index (χ0v) is 15.3. The third kappa shape index (κ3) is 3.70. The van der Waals surface area contributed by atoms with E-state index in [1.165, 1.54) is 17.4 Å². The van der Waals surface area contributed by atoms with Crippen LogP contribution in [0.3, 0.4) is 0 Å². The largest absolute Gasteiger partial charge is 0.326 e. The van der Waals surface area contributed by atoms with E-state index < -0.39 is 11.6 Å². The second-order valence-corrected chi connectivity index (χ2v) is 7.14. The molecule has 0 saturated carbocycles. The van der Waals surface area contributed by atoms with E-state index in [2.05, 4.69) is 10.3 Å². The molecular weight excluding hydrogens is 392 g/mol. The molecule has 0 bridgehead atoms. The second-order valence-electron chi connectivity index (χ2n) is 5.87. The van der Waals surface area contributed by atoms with Crippen LogP contribution < -0.4 is 5.32 Å². The summed E-state index contributed by atoms with van der Waals surface area (Å²) in [6.07, 6.45) is 1.92. The standard InChI is InChI=1S/C19H12ClF2N3OS/c20-12-3-1-2-11(6-12)17-9-25-14(10-27-19(25)24-17)8-18(26)23-13-4-5-15(21)16(22)7-13/h1-7,9-10H,8H2,(H,23,26). The molecule has 4 nitrogen and oxygen atoms in total. The van der Waals surface area contributed by atoms with Gasteiger partial charge in [-0.25, -0.2) is 13.8 Å². The SMILES string of the molecule is O=C(Cc1csc2nc(-c3cccc(Cl)c3)cn12)Nc1ccc(F)c(F)c1. The maximum Gasteiger partial charge on any atom is 0.230 e. The number of halogens is 3. The molecule has 8 heteroatoms. The van der Waals surface area contributed by atoms with Crippen LogP contribution in [-0.4, -0.2) is 15.3 Å². The molecule has 0 aliphatic rings. The number of carbonyl (C=O) groups is 1. The molecule has 0 atom stereocenters. The second kappa shape index (κ2) is 7.09. The van der Waals surface area contributed by atoms with Crippen molar-refractivity contribution >= 4 is 39.5 Å². The summed E-state index contributed by atoms with van der Waals surface area (Å²) in [5.41, 5.74) is 2.59. The van der Waals surface area contributed by atoms with Gasteiger partial charge in [0.05, 0.1) is 12.1 Å². The Morgan fingerprint density at radius 1 is 1.19 bits per heavy atom. The Morgan fingerprint density at radius 3 is 2.81 bits per heavy atom. The van der Waals surface area contributed by atoms with Crippen molar-refractivity contribution in [3.05, 3.63) is 76.4 Å². The van der Waals surface area contributed by atoms with Gasteiger partial charge in [0, 0.05) is 39.6 Å². The van der Waals surface area contributed by atoms with Gasteiger partial charge in [0.1, 0.15) is 0 Å². The number of imidazole rings is 1. The van der Waals surface area contributed by atoms with Crippen LogP contribution in [0.2, 0.25) is 5.02 Å². The average molecular weight is 404 g/mol. The first-order chi connectivity index (χ1) is 13.0. The molecule has 4 aromatic rings. The van der Waals surface area contributed by atoms with Crippen molar-refractivity contribution in [3.8, 4) is 11.3 Å². The molecule has 0 unspecified atom stereocenters. The molecule has 4 rings (SSSR count). The average Bonchev–Trinajstić information content (AvgIpc) is 3.20. The normalized spacial score (nSPS) is 11.1. The van der Waals surface area contributed by atoms with Crippen LogP contribution in [0.15, 0.2) is 54.0 Å². The van der Waals surface area contributed by atoms with Gasteiger partial charge in [0.2, 0.25) is 5.91 Å². The summed E-state index contributed by atoms with van der Waals surface area (Å²) in [5, 5.41) is 5.03. The molecule has 0 aliphatic carbocycles. The number of carbonyl (C=O) groups excluding carboxylic acids is 1. The van der Waals surface area contributed by atoms with Crippen LogP contribution in [0.25, 0.3) is 16.2 Å². The van der Waals surface area contributed by atoms with Gasteiger partial charge in [-0.2, -0.15) is 0 Å². The molecule has 27 heavy (non-hydrogen) atoms. The van der Waals surface area contributed by atoms with Crippen LogP contribution >= 0.6 is 22.9 Å². The topological polar surface area (TPSA) is 46.4 Å². The maximum absolute atomic E-state index is 13.3. The van der Waals surface area contributed by atoms with Gasteiger partial charge in [-0.3, -0.25) is 9.20 Å². The number of benzene rings is 2. The summed E-state index contributed by atoms with van der Waals surface area (Å²) in [4.78, 5) is 17.6. The minimum atomic E-state index is -1.01. The Bertz CT molecular complexity index is 1160. The zero-order valence-electron chi connectivity index (χ0n) is 13.7. The van der Waals surface area contributed by atoms with Gasteiger partial charge in [-0.1, -0.05) is 23.7 Å². The van der Waals surface area contributed by atoms with E-state index >= 15 is 0 Å². The molecule has 136 valence electrons. The fourth-order valence-electron chi connectivity index (χ4n) is 2.69. The summed E-state index contributed by atoms with van der Waals surface area (Å²) in [6.45, 7) is 0. The Balaban J connectivity index is 1.55. The molecule has 0 radical (unpaired) electrons. The lowest BCUT2D eigenvalue weighted by Crippen LogP contribution is -2.15. The van der Waals surface area contributed by atoms with E-state index in [4.69, 9.17) is 11.6 Å². The molecule has 2 aromatic heterocycles.